The number of pyridine rings is 1. The molecule has 0 unspecified atom stereocenters. The van der Waals surface area contributed by atoms with Gasteiger partial charge >= 0.3 is 0 Å². The molecule has 244 valence electrons. The van der Waals surface area contributed by atoms with Gasteiger partial charge in [0.15, 0.2) is 0 Å². The molecule has 3 nitrogen and oxygen atoms in total. The average Bonchev–Trinajstić information content (AvgIpc) is 3.64. The molecule has 0 amide bonds. The Bertz CT molecular complexity index is 2920. The molecule has 0 bridgehead atoms. The second kappa shape index (κ2) is 11.4. The summed E-state index contributed by atoms with van der Waals surface area (Å²) >= 11 is 0. The zero-order valence-corrected chi connectivity index (χ0v) is 28.9. The summed E-state index contributed by atoms with van der Waals surface area (Å²) < 4.78 is 2.44. The molecule has 10 rings (SSSR count). The van der Waals surface area contributed by atoms with Crippen molar-refractivity contribution >= 4 is 32.7 Å². The van der Waals surface area contributed by atoms with Crippen LogP contribution in [0.15, 0.2) is 164 Å². The van der Waals surface area contributed by atoms with Crippen molar-refractivity contribution in [2.75, 3.05) is 0 Å². The summed E-state index contributed by atoms with van der Waals surface area (Å²) in [6.45, 7) is 4.69. The van der Waals surface area contributed by atoms with Gasteiger partial charge in [-0.2, -0.15) is 5.26 Å². The van der Waals surface area contributed by atoms with E-state index in [1.54, 1.807) is 0 Å². The van der Waals surface area contributed by atoms with Gasteiger partial charge < -0.3 is 4.57 Å². The topological polar surface area (TPSA) is 41.6 Å². The van der Waals surface area contributed by atoms with Crippen LogP contribution >= 0.6 is 0 Å². The molecule has 0 aliphatic heterocycles. The zero-order valence-electron chi connectivity index (χ0n) is 28.9. The van der Waals surface area contributed by atoms with Crippen molar-refractivity contribution in [2.45, 2.75) is 19.3 Å². The average molecular weight is 664 g/mol. The maximum Gasteiger partial charge on any atom is 0.0991 e. The Morgan fingerprint density at radius 2 is 1.21 bits per heavy atom. The summed E-state index contributed by atoms with van der Waals surface area (Å²) in [5, 5.41) is 13.2. The van der Waals surface area contributed by atoms with E-state index in [2.05, 4.69) is 170 Å². The fourth-order valence-corrected chi connectivity index (χ4v) is 8.41. The molecule has 7 aromatic carbocycles. The highest BCUT2D eigenvalue weighted by molar-refractivity contribution is 6.11. The lowest BCUT2D eigenvalue weighted by Gasteiger charge is -2.21. The van der Waals surface area contributed by atoms with E-state index in [1.807, 2.05) is 18.2 Å². The predicted molar refractivity (Wildman–Crippen MR) is 215 cm³/mol. The Hall–Kier alpha value is -6.76. The van der Waals surface area contributed by atoms with Crippen molar-refractivity contribution in [3.63, 3.8) is 0 Å². The van der Waals surface area contributed by atoms with Crippen LogP contribution in [0.2, 0.25) is 0 Å². The normalized spacial score (nSPS) is 12.9. The number of para-hydroxylation sites is 2. The van der Waals surface area contributed by atoms with Gasteiger partial charge in [0.1, 0.15) is 0 Å². The van der Waals surface area contributed by atoms with Crippen molar-refractivity contribution in [3.8, 4) is 56.4 Å². The van der Waals surface area contributed by atoms with Crippen LogP contribution in [0.4, 0.5) is 0 Å². The summed E-state index contributed by atoms with van der Waals surface area (Å²) in [4.78, 5) is 5.11. The van der Waals surface area contributed by atoms with Crippen LogP contribution in [0.5, 0.6) is 0 Å². The molecule has 3 heteroatoms. The largest absolute Gasteiger partial charge is 0.309 e. The van der Waals surface area contributed by atoms with Crippen LogP contribution in [0, 0.1) is 11.3 Å². The second-order valence-electron chi connectivity index (χ2n) is 14.3. The molecule has 0 N–H and O–H groups in total. The molecule has 2 heterocycles. The molecule has 0 saturated heterocycles. The molecule has 9 aromatic rings. The van der Waals surface area contributed by atoms with E-state index in [9.17, 15) is 5.26 Å². The summed E-state index contributed by atoms with van der Waals surface area (Å²) in [5.41, 5.74) is 16.7. The maximum absolute atomic E-state index is 9.58. The molecule has 0 saturated carbocycles. The first-order valence-electron chi connectivity index (χ1n) is 17.8. The van der Waals surface area contributed by atoms with E-state index in [0.29, 0.717) is 5.56 Å². The van der Waals surface area contributed by atoms with Crippen LogP contribution in [-0.4, -0.2) is 9.55 Å². The summed E-state index contributed by atoms with van der Waals surface area (Å²) in [6, 6.07) is 60.7. The number of fused-ring (bicyclic) bond motifs is 7. The molecular weight excluding hydrogens is 631 g/mol. The van der Waals surface area contributed by atoms with Gasteiger partial charge in [0.25, 0.3) is 0 Å². The first-order chi connectivity index (χ1) is 25.5. The van der Waals surface area contributed by atoms with Gasteiger partial charge in [-0.25, -0.2) is 4.98 Å². The Morgan fingerprint density at radius 1 is 0.500 bits per heavy atom. The highest BCUT2D eigenvalue weighted by atomic mass is 15.0. The number of aromatic nitrogens is 2. The minimum Gasteiger partial charge on any atom is -0.309 e. The van der Waals surface area contributed by atoms with Crippen LogP contribution in [0.3, 0.4) is 0 Å². The molecule has 2 aromatic heterocycles. The minimum absolute atomic E-state index is 0.0924. The third-order valence-corrected chi connectivity index (χ3v) is 11.0. The van der Waals surface area contributed by atoms with Crippen molar-refractivity contribution in [1.29, 1.82) is 5.26 Å². The lowest BCUT2D eigenvalue weighted by atomic mass is 9.82. The number of hydrogen-bond acceptors (Lipinski definition) is 2. The molecule has 0 radical (unpaired) electrons. The molecular formula is C49H33N3. The lowest BCUT2D eigenvalue weighted by molar-refractivity contribution is 0.661. The van der Waals surface area contributed by atoms with Crippen molar-refractivity contribution in [1.82, 2.24) is 9.55 Å². The van der Waals surface area contributed by atoms with E-state index in [-0.39, 0.29) is 5.41 Å². The van der Waals surface area contributed by atoms with Crippen LogP contribution in [-0.2, 0) is 5.41 Å². The monoisotopic (exact) mass is 663 g/mol. The van der Waals surface area contributed by atoms with Gasteiger partial charge in [-0.05, 0) is 105 Å². The predicted octanol–water partition coefficient (Wildman–Crippen LogP) is 12.5. The number of nitriles is 1. The Morgan fingerprint density at radius 3 is 2.04 bits per heavy atom. The summed E-state index contributed by atoms with van der Waals surface area (Å²) in [7, 11) is 0. The quantitative estimate of drug-likeness (QED) is 0.188. The van der Waals surface area contributed by atoms with Gasteiger partial charge in [-0.1, -0.05) is 117 Å². The Labute approximate surface area is 302 Å². The fraction of sp³-hybridized carbons (Fsp3) is 0.0612. The smallest absolute Gasteiger partial charge is 0.0991 e. The molecule has 0 atom stereocenters. The third-order valence-electron chi connectivity index (χ3n) is 11.0. The van der Waals surface area contributed by atoms with E-state index in [1.165, 1.54) is 44.1 Å². The van der Waals surface area contributed by atoms with Crippen molar-refractivity contribution in [2.24, 2.45) is 0 Å². The van der Waals surface area contributed by atoms with E-state index in [4.69, 9.17) is 4.98 Å². The SMILES string of the molecule is CC1(C)c2ccccc2-c2cc3c(cc21)c1ccccc1n3-c1cc(-c2ccc(C#N)cc2)cc(-c2cc(-c3ccccc3)nc3ccccc23)c1. The summed E-state index contributed by atoms with van der Waals surface area (Å²) in [5.74, 6) is 0. The molecule has 0 fully saturated rings. The van der Waals surface area contributed by atoms with E-state index >= 15 is 0 Å². The first kappa shape index (κ1) is 30.1. The Balaban J connectivity index is 1.29. The van der Waals surface area contributed by atoms with Crippen LogP contribution < -0.4 is 0 Å². The lowest BCUT2D eigenvalue weighted by Crippen LogP contribution is -2.14. The number of nitrogens with zero attached hydrogens (tertiary/aromatic N) is 3. The minimum atomic E-state index is -0.0924. The van der Waals surface area contributed by atoms with Gasteiger partial charge in [0.05, 0.1) is 33.9 Å². The third kappa shape index (κ3) is 4.55. The van der Waals surface area contributed by atoms with Crippen LogP contribution in [0.25, 0.3) is 83.0 Å². The van der Waals surface area contributed by atoms with Gasteiger partial charge in [-0.3, -0.25) is 0 Å². The van der Waals surface area contributed by atoms with E-state index in [0.717, 1.165) is 50.1 Å². The molecule has 1 aliphatic rings. The Kier molecular flexibility index (Phi) is 6.59. The standard InChI is InChI=1S/C49H33N3/c1-49(2)43-17-9-6-14-37(43)41-29-48-42(27-44(41)49)39-16-8-11-19-47(39)52(48)36-25-34(32-22-20-31(30-50)21-23-32)24-35(26-36)40-28-46(33-12-4-3-5-13-33)51-45-18-10-7-15-38(40)45/h3-29H,1-2H3. The van der Waals surface area contributed by atoms with E-state index < -0.39 is 0 Å². The van der Waals surface area contributed by atoms with Crippen molar-refractivity contribution < 1.29 is 0 Å². The maximum atomic E-state index is 9.58. The van der Waals surface area contributed by atoms with Crippen LogP contribution in [0.1, 0.15) is 30.5 Å². The zero-order chi connectivity index (χ0) is 35.0. The molecule has 52 heavy (non-hydrogen) atoms. The summed E-state index contributed by atoms with van der Waals surface area (Å²) in [6.07, 6.45) is 0. The van der Waals surface area contributed by atoms with Gasteiger partial charge in [0.2, 0.25) is 0 Å². The van der Waals surface area contributed by atoms with Gasteiger partial charge in [-0.15, -0.1) is 0 Å². The highest BCUT2D eigenvalue weighted by Crippen LogP contribution is 2.51. The number of benzene rings is 7. The first-order valence-corrected chi connectivity index (χ1v) is 17.8. The molecule has 1 aliphatic carbocycles. The number of hydrogen-bond donors (Lipinski definition) is 0. The molecule has 0 spiro atoms. The highest BCUT2D eigenvalue weighted by Gasteiger charge is 2.36. The van der Waals surface area contributed by atoms with Crippen molar-refractivity contribution in [3.05, 3.63) is 180 Å². The van der Waals surface area contributed by atoms with Gasteiger partial charge in [0, 0.05) is 32.8 Å². The fourth-order valence-electron chi connectivity index (χ4n) is 8.41. The number of rotatable bonds is 4. The second-order valence-corrected chi connectivity index (χ2v) is 14.3.